The van der Waals surface area contributed by atoms with E-state index in [1.807, 2.05) is 17.4 Å². The molecule has 0 aliphatic heterocycles. The van der Waals surface area contributed by atoms with Crippen molar-refractivity contribution in [1.29, 1.82) is 0 Å². The maximum atomic E-state index is 5.81. The van der Waals surface area contributed by atoms with Crippen LogP contribution in [0.4, 0.5) is 0 Å². The lowest BCUT2D eigenvalue weighted by Crippen LogP contribution is -2.08. The number of aryl methyl sites for hydroxylation is 2. The topological polar surface area (TPSA) is 26.0 Å². The predicted octanol–water partition coefficient (Wildman–Crippen LogP) is 7.08. The SMILES string of the molecule is Cc1ccccc1-c1cc(-c2ccco2)c2c3c(sc2n1)CC(C)CC3.Cl. The van der Waals surface area contributed by atoms with E-state index in [4.69, 9.17) is 9.40 Å². The quantitative estimate of drug-likeness (QED) is 0.362. The number of fused-ring (bicyclic) bond motifs is 3. The Labute approximate surface area is 169 Å². The van der Waals surface area contributed by atoms with Crippen LogP contribution in [-0.4, -0.2) is 4.98 Å². The minimum Gasteiger partial charge on any atom is -0.464 e. The van der Waals surface area contributed by atoms with Crippen molar-refractivity contribution in [3.05, 3.63) is 64.7 Å². The van der Waals surface area contributed by atoms with E-state index in [0.29, 0.717) is 0 Å². The normalized spacial score (nSPS) is 16.1. The molecule has 0 N–H and O–H groups in total. The fourth-order valence-electron chi connectivity index (χ4n) is 4.07. The molecule has 0 fully saturated rings. The first-order valence-corrected chi connectivity index (χ1v) is 10.1. The molecule has 0 radical (unpaired) electrons. The third-order valence-corrected chi connectivity index (χ3v) is 6.62. The van der Waals surface area contributed by atoms with E-state index in [9.17, 15) is 0 Å². The van der Waals surface area contributed by atoms with E-state index in [2.05, 4.69) is 50.2 Å². The van der Waals surface area contributed by atoms with Crippen molar-refractivity contribution >= 4 is 34.0 Å². The van der Waals surface area contributed by atoms with E-state index in [0.717, 1.165) is 28.6 Å². The zero-order chi connectivity index (χ0) is 17.7. The summed E-state index contributed by atoms with van der Waals surface area (Å²) in [4.78, 5) is 7.75. The van der Waals surface area contributed by atoms with Gasteiger partial charge in [0.25, 0.3) is 0 Å². The maximum Gasteiger partial charge on any atom is 0.134 e. The Morgan fingerprint density at radius 1 is 1.11 bits per heavy atom. The molecule has 3 heterocycles. The summed E-state index contributed by atoms with van der Waals surface area (Å²) in [5.74, 6) is 1.70. The number of halogens is 1. The lowest BCUT2D eigenvalue weighted by Gasteiger charge is -2.18. The molecule has 0 amide bonds. The molecule has 1 atom stereocenters. The minimum atomic E-state index is 0. The largest absolute Gasteiger partial charge is 0.464 e. The van der Waals surface area contributed by atoms with Crippen LogP contribution in [0, 0.1) is 12.8 Å². The minimum absolute atomic E-state index is 0. The van der Waals surface area contributed by atoms with Gasteiger partial charge in [-0.1, -0.05) is 31.2 Å². The van der Waals surface area contributed by atoms with Gasteiger partial charge in [0.1, 0.15) is 10.6 Å². The van der Waals surface area contributed by atoms with Crippen LogP contribution >= 0.6 is 23.7 Å². The van der Waals surface area contributed by atoms with Crippen molar-refractivity contribution in [2.75, 3.05) is 0 Å². The number of pyridine rings is 1. The molecule has 4 aromatic rings. The van der Waals surface area contributed by atoms with Crippen LogP contribution in [0.25, 0.3) is 32.8 Å². The van der Waals surface area contributed by atoms with Gasteiger partial charge < -0.3 is 4.42 Å². The van der Waals surface area contributed by atoms with Crippen LogP contribution in [0.5, 0.6) is 0 Å². The number of rotatable bonds is 2. The number of thiophene rings is 1. The number of aromatic nitrogens is 1. The molecule has 1 aromatic carbocycles. The first kappa shape index (κ1) is 18.3. The van der Waals surface area contributed by atoms with Crippen molar-refractivity contribution in [2.45, 2.75) is 33.1 Å². The molecule has 3 aromatic heterocycles. The highest BCUT2D eigenvalue weighted by Crippen LogP contribution is 2.43. The smallest absolute Gasteiger partial charge is 0.134 e. The Kier molecular flexibility index (Phi) is 4.83. The van der Waals surface area contributed by atoms with Crippen molar-refractivity contribution in [1.82, 2.24) is 4.98 Å². The highest BCUT2D eigenvalue weighted by atomic mass is 35.5. The summed E-state index contributed by atoms with van der Waals surface area (Å²) in [5.41, 5.74) is 6.17. The first-order chi connectivity index (χ1) is 12.7. The summed E-state index contributed by atoms with van der Waals surface area (Å²) in [6.45, 7) is 4.50. The Morgan fingerprint density at radius 2 is 1.96 bits per heavy atom. The summed E-state index contributed by atoms with van der Waals surface area (Å²) in [6.07, 6.45) is 5.34. The molecular weight excluding hydrogens is 374 g/mol. The van der Waals surface area contributed by atoms with Gasteiger partial charge in [0.2, 0.25) is 0 Å². The second-order valence-corrected chi connectivity index (χ2v) is 8.46. The van der Waals surface area contributed by atoms with E-state index >= 15 is 0 Å². The second kappa shape index (κ2) is 7.14. The highest BCUT2D eigenvalue weighted by molar-refractivity contribution is 7.19. The Bertz CT molecular complexity index is 1100. The third kappa shape index (κ3) is 3.09. The van der Waals surface area contributed by atoms with Gasteiger partial charge in [-0.25, -0.2) is 4.98 Å². The molecule has 0 spiro atoms. The lowest BCUT2D eigenvalue weighted by molar-refractivity contribution is 0.509. The van der Waals surface area contributed by atoms with E-state index in [1.54, 1.807) is 6.26 Å². The zero-order valence-electron chi connectivity index (χ0n) is 15.5. The van der Waals surface area contributed by atoms with Crippen LogP contribution in [0.1, 0.15) is 29.3 Å². The van der Waals surface area contributed by atoms with Gasteiger partial charge in [-0.3, -0.25) is 0 Å². The molecule has 1 aliphatic carbocycles. The van der Waals surface area contributed by atoms with Crippen LogP contribution in [0.3, 0.4) is 0 Å². The lowest BCUT2D eigenvalue weighted by atomic mass is 9.88. The third-order valence-electron chi connectivity index (χ3n) is 5.47. The van der Waals surface area contributed by atoms with E-state index in [-0.39, 0.29) is 12.4 Å². The van der Waals surface area contributed by atoms with Gasteiger partial charge in [-0.05, 0) is 61.4 Å². The molecule has 0 saturated carbocycles. The Hall–Kier alpha value is -2.10. The van der Waals surface area contributed by atoms with Crippen molar-refractivity contribution in [2.24, 2.45) is 5.92 Å². The fourth-order valence-corrected chi connectivity index (χ4v) is 5.48. The summed E-state index contributed by atoms with van der Waals surface area (Å²) < 4.78 is 5.81. The van der Waals surface area contributed by atoms with E-state index in [1.165, 1.54) is 45.4 Å². The number of benzene rings is 1. The molecule has 138 valence electrons. The Morgan fingerprint density at radius 3 is 2.74 bits per heavy atom. The van der Waals surface area contributed by atoms with Crippen LogP contribution in [0.15, 0.2) is 53.1 Å². The van der Waals surface area contributed by atoms with Crippen LogP contribution in [-0.2, 0) is 12.8 Å². The van der Waals surface area contributed by atoms with Gasteiger partial charge in [-0.15, -0.1) is 23.7 Å². The molecule has 5 rings (SSSR count). The second-order valence-electron chi connectivity index (χ2n) is 7.38. The van der Waals surface area contributed by atoms with Crippen LogP contribution in [0.2, 0.25) is 0 Å². The van der Waals surface area contributed by atoms with Gasteiger partial charge in [0, 0.05) is 21.4 Å². The summed E-state index contributed by atoms with van der Waals surface area (Å²) in [5, 5.41) is 1.31. The predicted molar refractivity (Wildman–Crippen MR) is 116 cm³/mol. The molecule has 0 saturated heterocycles. The average molecular weight is 396 g/mol. The first-order valence-electron chi connectivity index (χ1n) is 9.26. The number of furan rings is 1. The molecule has 1 aliphatic rings. The zero-order valence-corrected chi connectivity index (χ0v) is 17.1. The fraction of sp³-hybridized carbons (Fsp3) is 0.261. The van der Waals surface area contributed by atoms with Crippen molar-refractivity contribution in [3.63, 3.8) is 0 Å². The molecule has 27 heavy (non-hydrogen) atoms. The number of hydrogen-bond donors (Lipinski definition) is 0. The van der Waals surface area contributed by atoms with Crippen molar-refractivity contribution < 1.29 is 4.42 Å². The molecule has 0 bridgehead atoms. The standard InChI is InChI=1S/C23H21NOS.ClH/c1-14-9-10-17-21(12-14)26-23-22(17)18(20-8-5-11-25-20)13-19(24-23)16-7-4-3-6-15(16)2;/h3-8,11,13-14H,9-10,12H2,1-2H3;1H. The summed E-state index contributed by atoms with van der Waals surface area (Å²) in [6, 6.07) is 14.7. The Balaban J connectivity index is 0.00000180. The molecule has 1 unspecified atom stereocenters. The van der Waals surface area contributed by atoms with Crippen LogP contribution < -0.4 is 0 Å². The highest BCUT2D eigenvalue weighted by Gasteiger charge is 2.24. The van der Waals surface area contributed by atoms with Crippen molar-refractivity contribution in [3.8, 4) is 22.6 Å². The summed E-state index contributed by atoms with van der Waals surface area (Å²) in [7, 11) is 0. The summed E-state index contributed by atoms with van der Waals surface area (Å²) >= 11 is 1.88. The van der Waals surface area contributed by atoms with E-state index < -0.39 is 0 Å². The van der Waals surface area contributed by atoms with Gasteiger partial charge >= 0.3 is 0 Å². The molecule has 2 nitrogen and oxygen atoms in total. The molecule has 4 heteroatoms. The number of hydrogen-bond acceptors (Lipinski definition) is 3. The average Bonchev–Trinajstić information content (AvgIpc) is 3.28. The van der Waals surface area contributed by atoms with Gasteiger partial charge in [-0.2, -0.15) is 0 Å². The number of nitrogens with zero attached hydrogens (tertiary/aromatic N) is 1. The van der Waals surface area contributed by atoms with Gasteiger partial charge in [0.15, 0.2) is 0 Å². The monoisotopic (exact) mass is 395 g/mol. The van der Waals surface area contributed by atoms with Gasteiger partial charge in [0.05, 0.1) is 12.0 Å². The maximum absolute atomic E-state index is 5.81. The molecular formula is C23H22ClNOS.